The van der Waals surface area contributed by atoms with Crippen molar-refractivity contribution in [3.05, 3.63) is 224 Å². The van der Waals surface area contributed by atoms with Crippen LogP contribution in [0.1, 0.15) is 47.8 Å². The summed E-state index contributed by atoms with van der Waals surface area (Å²) < 4.78 is 0. The molecule has 0 spiro atoms. The van der Waals surface area contributed by atoms with E-state index >= 15 is 0 Å². The lowest BCUT2D eigenvalue weighted by atomic mass is 10.1. The first kappa shape index (κ1) is 49.7. The normalized spacial score (nSPS) is 10.4. The molecule has 0 aliphatic carbocycles. The summed E-state index contributed by atoms with van der Waals surface area (Å²) in [6.07, 6.45) is 12.3. The molecule has 0 unspecified atom stereocenters. The third kappa shape index (κ3) is 12.7. The van der Waals surface area contributed by atoms with Crippen LogP contribution >= 0.6 is 0 Å². The Bertz CT molecular complexity index is 2770. The quantitative estimate of drug-likeness (QED) is 0.0421. The van der Waals surface area contributed by atoms with Crippen LogP contribution in [0.3, 0.4) is 0 Å². The number of amidine groups is 2. The molecule has 0 atom stereocenters. The van der Waals surface area contributed by atoms with Crippen molar-refractivity contribution in [2.75, 3.05) is 0 Å². The van der Waals surface area contributed by atoms with Crippen molar-refractivity contribution in [1.29, 1.82) is 21.6 Å². The van der Waals surface area contributed by atoms with E-state index in [1.165, 1.54) is 0 Å². The molecule has 9 rings (SSSR count). The highest BCUT2D eigenvalue weighted by Crippen LogP contribution is 2.26. The van der Waals surface area contributed by atoms with E-state index in [9.17, 15) is 0 Å². The van der Waals surface area contributed by atoms with Gasteiger partial charge in [0.05, 0.1) is 45.6 Å². The van der Waals surface area contributed by atoms with E-state index in [-0.39, 0.29) is 11.7 Å². The molecule has 354 valence electrons. The molecule has 0 radical (unpaired) electrons. The Morgan fingerprint density at radius 3 is 0.903 bits per heavy atom. The largest absolute Gasteiger partial charge is 0.399 e. The van der Waals surface area contributed by atoms with Gasteiger partial charge in [0, 0.05) is 110 Å². The average molecular weight is 946 g/mol. The fourth-order valence-electron chi connectivity index (χ4n) is 6.91. The summed E-state index contributed by atoms with van der Waals surface area (Å²) in [4.78, 5) is 30.4. The van der Waals surface area contributed by atoms with Gasteiger partial charge in [-0.15, -0.1) is 0 Å². The monoisotopic (exact) mass is 945 g/mol. The van der Waals surface area contributed by atoms with Crippen LogP contribution in [0.2, 0.25) is 0 Å². The maximum atomic E-state index is 7.58. The van der Waals surface area contributed by atoms with Crippen molar-refractivity contribution in [3.8, 4) is 67.2 Å². The summed E-state index contributed by atoms with van der Waals surface area (Å²) in [5.74, 6) is 0.531. The number of nitrogen functional groups attached to an aromatic ring is 2. The molecule has 0 fully saturated rings. The van der Waals surface area contributed by atoms with Crippen molar-refractivity contribution in [2.24, 2.45) is 22.9 Å². The molecule has 0 aliphatic rings. The summed E-state index contributed by atoms with van der Waals surface area (Å²) in [5.41, 5.74) is 38.9. The van der Waals surface area contributed by atoms with Crippen molar-refractivity contribution in [3.63, 3.8) is 0 Å². The third-order valence-corrected chi connectivity index (χ3v) is 11.1. The van der Waals surface area contributed by atoms with Crippen LogP contribution in [0.5, 0.6) is 0 Å². The van der Waals surface area contributed by atoms with E-state index in [4.69, 9.17) is 44.6 Å². The first-order valence-corrected chi connectivity index (χ1v) is 22.3. The molecule has 15 heteroatoms. The fraction of sp³-hybridized carbons (Fsp3) is 0.0351. The Morgan fingerprint density at radius 2 is 0.625 bits per heavy atom. The second-order valence-corrected chi connectivity index (χ2v) is 16.3. The van der Waals surface area contributed by atoms with Gasteiger partial charge < -0.3 is 33.8 Å². The number of nitrogens with zero attached hydrogens (tertiary/aromatic N) is 7. The zero-order chi connectivity index (χ0) is 51.3. The van der Waals surface area contributed by atoms with E-state index in [0.29, 0.717) is 51.2 Å². The SMILES string of the molecule is C=C(N)c1ccc(-c2ccc(-c3ccc(C(=C)N)nc3)cn2)cc1.CC(=N)c1ccc(-c2ccc(-c3ccc(C(=N)N)cc3)nc2)cn1.CC(=N)c1ncc(-c2ccc(-c3ccc(C(=N)N)cc3)nc2)cn1. The number of nitrogens with one attached hydrogen (secondary N) is 4. The van der Waals surface area contributed by atoms with Crippen molar-refractivity contribution in [1.82, 2.24) is 34.9 Å². The summed E-state index contributed by atoms with van der Waals surface area (Å²) in [6, 6.07) is 42.1. The molecule has 6 aromatic heterocycles. The molecule has 0 saturated heterocycles. The Labute approximate surface area is 417 Å². The van der Waals surface area contributed by atoms with Gasteiger partial charge in [0.1, 0.15) is 11.7 Å². The highest BCUT2D eigenvalue weighted by atomic mass is 14.9. The molecular formula is C57H51N15. The van der Waals surface area contributed by atoms with Gasteiger partial charge >= 0.3 is 0 Å². The molecular weight excluding hydrogens is 895 g/mol. The number of pyridine rings is 5. The van der Waals surface area contributed by atoms with Crippen LogP contribution in [-0.2, 0) is 0 Å². The minimum Gasteiger partial charge on any atom is -0.399 e. The van der Waals surface area contributed by atoms with Gasteiger partial charge in [-0.3, -0.25) is 35.7 Å². The van der Waals surface area contributed by atoms with Gasteiger partial charge in [-0.25, -0.2) is 9.97 Å². The van der Waals surface area contributed by atoms with Gasteiger partial charge in [0.2, 0.25) is 0 Å². The van der Waals surface area contributed by atoms with Gasteiger partial charge in [-0.1, -0.05) is 116 Å². The van der Waals surface area contributed by atoms with Gasteiger partial charge in [-0.05, 0) is 49.7 Å². The van der Waals surface area contributed by atoms with E-state index < -0.39 is 0 Å². The number of aromatic nitrogens is 7. The molecule has 12 N–H and O–H groups in total. The first-order valence-electron chi connectivity index (χ1n) is 22.3. The molecule has 0 bridgehead atoms. The zero-order valence-corrected chi connectivity index (χ0v) is 39.6. The predicted molar refractivity (Wildman–Crippen MR) is 290 cm³/mol. The molecule has 3 aromatic carbocycles. The molecule has 0 aliphatic heterocycles. The Morgan fingerprint density at radius 1 is 0.319 bits per heavy atom. The minimum absolute atomic E-state index is 0.0495. The topological polar surface area (TPSA) is 290 Å². The molecule has 6 heterocycles. The Kier molecular flexibility index (Phi) is 15.7. The Balaban J connectivity index is 0.000000158. The molecule has 9 aromatic rings. The lowest BCUT2D eigenvalue weighted by Crippen LogP contribution is -2.10. The Hall–Kier alpha value is -10.2. The zero-order valence-electron chi connectivity index (χ0n) is 39.6. The second-order valence-electron chi connectivity index (χ2n) is 16.3. The molecule has 15 nitrogen and oxygen atoms in total. The summed E-state index contributed by atoms with van der Waals surface area (Å²) in [5, 5.41) is 29.9. The number of hydrogen-bond donors (Lipinski definition) is 8. The minimum atomic E-state index is 0.0495. The van der Waals surface area contributed by atoms with Crippen molar-refractivity contribution < 1.29 is 0 Å². The first-order chi connectivity index (χ1) is 34.6. The van der Waals surface area contributed by atoms with E-state index in [1.807, 2.05) is 134 Å². The maximum absolute atomic E-state index is 7.58. The summed E-state index contributed by atoms with van der Waals surface area (Å²) >= 11 is 0. The van der Waals surface area contributed by atoms with Crippen LogP contribution in [0, 0.1) is 21.6 Å². The van der Waals surface area contributed by atoms with Crippen molar-refractivity contribution >= 4 is 34.5 Å². The number of hydrogen-bond acceptors (Lipinski definition) is 13. The van der Waals surface area contributed by atoms with E-state index in [1.54, 1.807) is 57.0 Å². The molecule has 72 heavy (non-hydrogen) atoms. The van der Waals surface area contributed by atoms with Gasteiger partial charge in [-0.2, -0.15) is 0 Å². The summed E-state index contributed by atoms with van der Waals surface area (Å²) in [6.45, 7) is 10.8. The highest BCUT2D eigenvalue weighted by Gasteiger charge is 2.08. The molecule has 0 amide bonds. The number of benzene rings is 3. The van der Waals surface area contributed by atoms with Gasteiger partial charge in [0.25, 0.3) is 0 Å². The van der Waals surface area contributed by atoms with Crippen LogP contribution in [-0.4, -0.2) is 58.0 Å². The third-order valence-electron chi connectivity index (χ3n) is 11.1. The average Bonchev–Trinajstić information content (AvgIpc) is 3.41. The number of rotatable bonds is 12. The second kappa shape index (κ2) is 22.8. The van der Waals surface area contributed by atoms with Crippen LogP contribution in [0.15, 0.2) is 190 Å². The van der Waals surface area contributed by atoms with Crippen LogP contribution in [0.25, 0.3) is 78.5 Å². The maximum Gasteiger partial charge on any atom is 0.172 e. The van der Waals surface area contributed by atoms with Gasteiger partial charge in [0.15, 0.2) is 5.82 Å². The lowest BCUT2D eigenvalue weighted by molar-refractivity contribution is 1.12. The molecule has 0 saturated carbocycles. The predicted octanol–water partition coefficient (Wildman–Crippen LogP) is 10.0. The van der Waals surface area contributed by atoms with Crippen LogP contribution < -0.4 is 22.9 Å². The van der Waals surface area contributed by atoms with E-state index in [0.717, 1.165) is 72.7 Å². The standard InChI is InChI=1S/C20H18N4.C19H17N5.C18H16N6/c1-13(21)15-3-5-16(6-4-15)20-10-8-18(12-24-20)17-7-9-19(14(2)22)23-11-17;1-12(20)17-8-6-15(10-23-17)16-7-9-18(24-11-16)13-2-4-14(5-3-13)19(21)22;1-11(19)18-23-9-15(10-24-18)14-6-7-16(22-8-14)12-2-4-13(5-3-12)17(20)21/h3-12H,1-2,21-22H2;2-11,20H,1H3,(H3,21,22);2-10,19H,1H3,(H3,20,21). The highest BCUT2D eigenvalue weighted by molar-refractivity contribution is 5.96. The lowest BCUT2D eigenvalue weighted by Gasteiger charge is -2.06. The van der Waals surface area contributed by atoms with Crippen LogP contribution in [0.4, 0.5) is 0 Å². The van der Waals surface area contributed by atoms with E-state index in [2.05, 4.69) is 48.0 Å². The smallest absolute Gasteiger partial charge is 0.172 e. The fourth-order valence-corrected chi connectivity index (χ4v) is 6.91. The number of nitrogens with two attached hydrogens (primary N) is 4. The summed E-state index contributed by atoms with van der Waals surface area (Å²) in [7, 11) is 0. The van der Waals surface area contributed by atoms with Crippen molar-refractivity contribution in [2.45, 2.75) is 13.8 Å².